The molecule has 8 atom stereocenters. The number of halogens is 21. The Labute approximate surface area is 541 Å². The lowest BCUT2D eigenvalue weighted by Gasteiger charge is -2.28. The number of amides is 1. The second-order valence-corrected chi connectivity index (χ2v) is 21.1. The van der Waals surface area contributed by atoms with E-state index in [9.17, 15) is 107 Å². The predicted molar refractivity (Wildman–Crippen MR) is 302 cm³/mol. The van der Waals surface area contributed by atoms with E-state index in [1.54, 1.807) is 39.8 Å². The molecule has 0 radical (unpaired) electrons. The molecule has 3 aliphatic rings. The number of epoxide rings is 1. The van der Waals surface area contributed by atoms with Crippen LogP contribution in [0.2, 0.25) is 0 Å². The van der Waals surface area contributed by atoms with Gasteiger partial charge in [-0.2, -0.15) is 84.5 Å². The van der Waals surface area contributed by atoms with Gasteiger partial charge in [0.1, 0.15) is 54.1 Å². The molecule has 3 aliphatic heterocycles. The van der Waals surface area contributed by atoms with Gasteiger partial charge in [0.15, 0.2) is 42.4 Å². The first kappa shape index (κ1) is 87.9. The molecular formula is C60H68F21N3O13. The maximum atomic E-state index is 14.3. The van der Waals surface area contributed by atoms with Crippen LogP contribution in [0.15, 0.2) is 110 Å². The van der Waals surface area contributed by atoms with Crippen LogP contribution in [0.1, 0.15) is 58.9 Å². The fourth-order valence-electron chi connectivity index (χ4n) is 7.55. The Morgan fingerprint density at radius 3 is 1.39 bits per heavy atom. The molecule has 97 heavy (non-hydrogen) atoms. The first-order valence-electron chi connectivity index (χ1n) is 27.5. The lowest BCUT2D eigenvalue weighted by molar-refractivity contribution is -0.219. The summed E-state index contributed by atoms with van der Waals surface area (Å²) in [6.45, 7) is 17.6. The summed E-state index contributed by atoms with van der Waals surface area (Å²) < 4.78 is 292. The van der Waals surface area contributed by atoms with Gasteiger partial charge in [0, 0.05) is 24.1 Å². The Balaban J connectivity index is 0.000000593. The number of esters is 1. The van der Waals surface area contributed by atoms with E-state index in [2.05, 4.69) is 65.5 Å². The molecule has 16 nitrogen and oxygen atoms in total. The van der Waals surface area contributed by atoms with E-state index in [0.717, 1.165) is 5.06 Å². The second-order valence-electron chi connectivity index (χ2n) is 21.1. The van der Waals surface area contributed by atoms with Gasteiger partial charge in [0.2, 0.25) is 0 Å². The van der Waals surface area contributed by atoms with Gasteiger partial charge < -0.3 is 43.2 Å². The number of Topliss-reactive ketones (excluding diaryl/α,β-unsaturated/α-hetero) is 1. The highest BCUT2D eigenvalue weighted by Gasteiger charge is 2.63. The first-order chi connectivity index (χ1) is 44.4. The molecular weight excluding hydrogens is 1370 g/mol. The molecule has 1 amide bonds. The van der Waals surface area contributed by atoms with Crippen LogP contribution in [-0.4, -0.2) is 173 Å². The van der Waals surface area contributed by atoms with Crippen molar-refractivity contribution in [2.45, 2.75) is 126 Å². The van der Waals surface area contributed by atoms with E-state index in [4.69, 9.17) is 19.5 Å². The molecule has 3 saturated heterocycles. The lowest BCUT2D eigenvalue weighted by Crippen LogP contribution is -2.45. The number of alkyl halides is 18. The summed E-state index contributed by atoms with van der Waals surface area (Å²) in [6, 6.07) is 13.0. The van der Waals surface area contributed by atoms with Crippen molar-refractivity contribution in [3.05, 3.63) is 156 Å². The van der Waals surface area contributed by atoms with Crippen LogP contribution in [0.4, 0.5) is 92.2 Å². The molecule has 0 spiro atoms. The van der Waals surface area contributed by atoms with Crippen molar-refractivity contribution in [3.63, 3.8) is 0 Å². The van der Waals surface area contributed by atoms with Crippen molar-refractivity contribution in [1.29, 1.82) is 0 Å². The third-order valence-corrected chi connectivity index (χ3v) is 12.6. The molecule has 3 aromatic carbocycles. The number of carbonyl (C=O) groups excluding carboxylic acids is 3. The molecule has 0 unspecified atom stereocenters. The number of ketones is 1. The molecule has 0 aromatic heterocycles. The van der Waals surface area contributed by atoms with Crippen molar-refractivity contribution < 1.29 is 155 Å². The lowest BCUT2D eigenvalue weighted by atomic mass is 9.79. The minimum absolute atomic E-state index is 0.113. The van der Waals surface area contributed by atoms with Crippen LogP contribution in [0.5, 0.6) is 0 Å². The van der Waals surface area contributed by atoms with Crippen molar-refractivity contribution >= 4 is 23.4 Å². The average Bonchev–Trinajstić information content (AvgIpc) is 1.58. The number of carbonyl (C=O) groups is 3. The van der Waals surface area contributed by atoms with Crippen molar-refractivity contribution in [2.24, 2.45) is 11.1 Å². The van der Waals surface area contributed by atoms with Gasteiger partial charge in [-0.15, -0.1) is 26.3 Å². The number of aryl methyl sites for hydroxylation is 3. The number of rotatable bonds is 20. The number of nitrogens with zero attached hydrogens (tertiary/aromatic N) is 2. The molecule has 548 valence electrons. The minimum Gasteiger partial charge on any atom is -0.458 e. The van der Waals surface area contributed by atoms with Gasteiger partial charge in [-0.05, 0) is 70.4 Å². The van der Waals surface area contributed by atoms with E-state index < -0.39 is 152 Å². The van der Waals surface area contributed by atoms with E-state index in [1.807, 2.05) is 0 Å². The van der Waals surface area contributed by atoms with Crippen LogP contribution in [0, 0.1) is 44.1 Å². The average molecular weight is 1440 g/mol. The maximum Gasteiger partial charge on any atom is 0.418 e. The highest BCUT2D eigenvalue weighted by molar-refractivity contribution is 6.01. The Kier molecular flexibility index (Phi) is 34.2. The molecule has 37 heteroatoms. The predicted octanol–water partition coefficient (Wildman–Crippen LogP) is 13.9. The Morgan fingerprint density at radius 1 is 0.608 bits per heavy atom. The summed E-state index contributed by atoms with van der Waals surface area (Å²) in [4.78, 5) is 43.1. The van der Waals surface area contributed by atoms with Crippen LogP contribution in [-0.2, 0) is 58.0 Å². The summed E-state index contributed by atoms with van der Waals surface area (Å²) in [5.74, 6) is -5.36. The normalized spacial score (nSPS) is 19.0. The standard InChI is InChI=1S/2C13H13F4NO2.C13H12F4O2.C10H15F3O3.C8H12F3NO3.C3H3F3O/c1-7-3-2-4-8(10(7)14)12-6-19-11(13(15,16)17)9(12)5-20-18-12;1-3-11(13(15,16)17)20-7-10(18-19)9-6-4-5-8(2)12(9)14;1-3-11(13(15,16)17)19-7-10(18)9-6-4-5-8(2)12(9)14;1-5-7(10(11,12)13)15-6-8(14)16-9(2,3)4;1-4-6(8(9,10)11)15-5-7(13)12(2)14-3;4-3(5,6)2-1-7-2/h2-4,9,11,18H,5-6H2,1H3;3-6,11,19H,1,7H2,2H3;3-6,11H,1,7H2,2H3;5,7H,1,6H2,2-4H3;4,6H,1,5H2,2-3H3;2H,1H2/t9-,11+,12-;2*11-;7-;6-;2-/m100000/s1. The molecule has 0 bridgehead atoms. The minimum atomic E-state index is -4.65. The molecule has 6 rings (SSSR count). The summed E-state index contributed by atoms with van der Waals surface area (Å²) >= 11 is 0. The van der Waals surface area contributed by atoms with E-state index in [0.29, 0.717) is 29.9 Å². The van der Waals surface area contributed by atoms with Crippen molar-refractivity contribution in [2.75, 3.05) is 60.4 Å². The summed E-state index contributed by atoms with van der Waals surface area (Å²) in [5.41, 5.74) is 0.842. The van der Waals surface area contributed by atoms with Crippen LogP contribution < -0.4 is 5.48 Å². The fraction of sp³-hybridized carbons (Fsp3) is 0.500. The van der Waals surface area contributed by atoms with Crippen molar-refractivity contribution in [1.82, 2.24) is 10.5 Å². The number of likely N-dealkylation sites (N-methyl/N-ethyl adjacent to an activating group) is 1. The zero-order valence-corrected chi connectivity index (χ0v) is 52.5. The molecule has 2 N–H and O–H groups in total. The summed E-state index contributed by atoms with van der Waals surface area (Å²) in [6.07, 6.45) is -36.9. The zero-order valence-electron chi connectivity index (χ0n) is 52.5. The highest BCUT2D eigenvalue weighted by atomic mass is 19.4. The molecule has 0 saturated carbocycles. The number of ether oxygens (including phenoxy) is 7. The third-order valence-electron chi connectivity index (χ3n) is 12.6. The number of fused-ring (bicyclic) bond motifs is 1. The second kappa shape index (κ2) is 37.7. The number of hydroxylamine groups is 3. The number of oxime groups is 1. The topological polar surface area (TPSA) is 185 Å². The van der Waals surface area contributed by atoms with Gasteiger partial charge in [-0.1, -0.05) is 71.9 Å². The Hall–Kier alpha value is -7.13. The highest BCUT2D eigenvalue weighted by Crippen LogP contribution is 2.49. The molecule has 3 heterocycles. The van der Waals surface area contributed by atoms with E-state index in [-0.39, 0.29) is 53.3 Å². The van der Waals surface area contributed by atoms with E-state index in [1.165, 1.54) is 70.5 Å². The van der Waals surface area contributed by atoms with Gasteiger partial charge in [0.05, 0.1) is 39.1 Å². The van der Waals surface area contributed by atoms with Crippen molar-refractivity contribution in [3.8, 4) is 0 Å². The summed E-state index contributed by atoms with van der Waals surface area (Å²) in [7, 11) is 2.48. The van der Waals surface area contributed by atoms with Crippen LogP contribution in [0.3, 0.4) is 0 Å². The van der Waals surface area contributed by atoms with Gasteiger partial charge >= 0.3 is 43.0 Å². The number of nitrogens with one attached hydrogen (secondary N) is 1. The SMILES string of the molecule is C=C[C@H](OCC(=NO)c1cccc(C)c1F)C(F)(F)F.C=C[C@H](OCC(=O)N(C)OC)C(F)(F)F.C=C[C@H](OCC(=O)OC(C)(C)C)C(F)(F)F.C=C[C@H](OCC(=O)c1cccc(C)c1F)C(F)(F)F.Cc1cccc([C@]23CO[C@H](C(F)(F)F)[C@H]2CON3)c1F.FC(F)(F)[C@@H]1CO1. The quantitative estimate of drug-likeness (QED) is 0.0159. The Bertz CT molecular complexity index is 3070. The van der Waals surface area contributed by atoms with E-state index >= 15 is 0 Å². The Morgan fingerprint density at radius 2 is 1.01 bits per heavy atom. The number of hydrogen-bond donors (Lipinski definition) is 2. The first-order valence-corrected chi connectivity index (χ1v) is 27.5. The maximum absolute atomic E-state index is 14.3. The third kappa shape index (κ3) is 29.1. The molecule has 3 fully saturated rings. The largest absolute Gasteiger partial charge is 0.458 e. The number of benzene rings is 3. The molecule has 3 aromatic rings. The summed E-state index contributed by atoms with van der Waals surface area (Å²) in [5, 5.41) is 12.4. The smallest absolute Gasteiger partial charge is 0.418 e. The van der Waals surface area contributed by atoms with Gasteiger partial charge in [-0.3, -0.25) is 14.4 Å². The monoisotopic (exact) mass is 1440 g/mol. The molecule has 0 aliphatic carbocycles. The van der Waals surface area contributed by atoms with Gasteiger partial charge in [0.25, 0.3) is 5.91 Å². The fourth-order valence-corrected chi connectivity index (χ4v) is 7.55. The van der Waals surface area contributed by atoms with Crippen LogP contribution in [0.25, 0.3) is 0 Å². The zero-order chi connectivity index (χ0) is 75.0. The van der Waals surface area contributed by atoms with Gasteiger partial charge in [-0.25, -0.2) is 23.0 Å². The number of hydrogen-bond acceptors (Lipinski definition) is 15. The van der Waals surface area contributed by atoms with Crippen LogP contribution >= 0.6 is 0 Å².